The molecule has 3 rings (SSSR count). The number of halogens is 2. The van der Waals surface area contributed by atoms with E-state index in [-0.39, 0.29) is 5.91 Å². The minimum atomic E-state index is -0.637. The third kappa shape index (κ3) is 2.53. The van der Waals surface area contributed by atoms with Crippen molar-refractivity contribution >= 4 is 29.1 Å². The molecule has 0 unspecified atom stereocenters. The van der Waals surface area contributed by atoms with Gasteiger partial charge in [0.25, 0.3) is 5.91 Å². The molecule has 1 aromatic carbocycles. The zero-order valence-electron chi connectivity index (χ0n) is 10.9. The van der Waals surface area contributed by atoms with Gasteiger partial charge in [0.1, 0.15) is 0 Å². The van der Waals surface area contributed by atoms with Gasteiger partial charge in [0.05, 0.1) is 35.4 Å². The lowest BCUT2D eigenvalue weighted by atomic mass is 10.0. The summed E-state index contributed by atoms with van der Waals surface area (Å²) >= 11 is 12.2. The number of amides is 1. The molecule has 2 fully saturated rings. The second-order valence-electron chi connectivity index (χ2n) is 5.03. The molecular weight excluding hydrogens is 301 g/mol. The third-order valence-electron chi connectivity index (χ3n) is 3.69. The Hall–Kier alpha value is -0.810. The first-order chi connectivity index (χ1) is 9.61. The van der Waals surface area contributed by atoms with Crippen LogP contribution in [0.15, 0.2) is 18.2 Å². The second kappa shape index (κ2) is 5.53. The molecule has 0 aromatic heterocycles. The Bertz CT molecular complexity index is 509. The Balaban J connectivity index is 1.83. The number of rotatable bonds is 1. The lowest BCUT2D eigenvalue weighted by molar-refractivity contribution is -0.183. The molecule has 6 heteroatoms. The van der Waals surface area contributed by atoms with E-state index in [9.17, 15) is 4.79 Å². The largest absolute Gasteiger partial charge is 0.346 e. The topological polar surface area (TPSA) is 38.8 Å². The molecule has 0 saturated carbocycles. The Morgan fingerprint density at radius 1 is 1.20 bits per heavy atom. The van der Waals surface area contributed by atoms with Crippen molar-refractivity contribution in [2.75, 3.05) is 26.3 Å². The van der Waals surface area contributed by atoms with E-state index in [4.69, 9.17) is 32.7 Å². The molecule has 1 amide bonds. The predicted octanol–water partition coefficient (Wildman–Crippen LogP) is 2.97. The van der Waals surface area contributed by atoms with Crippen molar-refractivity contribution in [3.05, 3.63) is 33.8 Å². The minimum absolute atomic E-state index is 0.168. The van der Waals surface area contributed by atoms with Gasteiger partial charge in [0.15, 0.2) is 5.79 Å². The van der Waals surface area contributed by atoms with E-state index in [1.165, 1.54) is 0 Å². The SMILES string of the molecule is O=C(c1c(Cl)cccc1Cl)N1CCCC2(C1)OCCO2. The molecule has 20 heavy (non-hydrogen) atoms. The normalized spacial score (nSPS) is 21.4. The van der Waals surface area contributed by atoms with E-state index in [2.05, 4.69) is 0 Å². The highest BCUT2D eigenvalue weighted by Gasteiger charge is 2.42. The maximum absolute atomic E-state index is 12.6. The van der Waals surface area contributed by atoms with Crippen LogP contribution < -0.4 is 0 Å². The average molecular weight is 316 g/mol. The first-order valence-corrected chi connectivity index (χ1v) is 7.38. The zero-order chi connectivity index (χ0) is 14.2. The highest BCUT2D eigenvalue weighted by atomic mass is 35.5. The summed E-state index contributed by atoms with van der Waals surface area (Å²) in [5.41, 5.74) is 0.353. The summed E-state index contributed by atoms with van der Waals surface area (Å²) in [5.74, 6) is -0.805. The van der Waals surface area contributed by atoms with E-state index in [1.807, 2.05) is 0 Å². The van der Waals surface area contributed by atoms with Crippen molar-refractivity contribution in [1.29, 1.82) is 0 Å². The molecular formula is C14H15Cl2NO3. The van der Waals surface area contributed by atoms with Crippen molar-refractivity contribution in [1.82, 2.24) is 4.90 Å². The summed E-state index contributed by atoms with van der Waals surface area (Å²) in [4.78, 5) is 14.3. The van der Waals surface area contributed by atoms with Crippen LogP contribution >= 0.6 is 23.2 Å². The molecule has 4 nitrogen and oxygen atoms in total. The first-order valence-electron chi connectivity index (χ1n) is 6.62. The van der Waals surface area contributed by atoms with E-state index in [0.29, 0.717) is 41.9 Å². The third-order valence-corrected chi connectivity index (χ3v) is 4.32. The van der Waals surface area contributed by atoms with Gasteiger partial charge in [-0.1, -0.05) is 29.3 Å². The van der Waals surface area contributed by atoms with Crippen LogP contribution in [0.1, 0.15) is 23.2 Å². The van der Waals surface area contributed by atoms with E-state index >= 15 is 0 Å². The van der Waals surface area contributed by atoms with Gasteiger partial charge >= 0.3 is 0 Å². The number of piperidine rings is 1. The Labute approximate surface area is 127 Å². The number of benzene rings is 1. The van der Waals surface area contributed by atoms with Crippen LogP contribution in [0.2, 0.25) is 10.0 Å². The lowest BCUT2D eigenvalue weighted by Gasteiger charge is -2.38. The summed E-state index contributed by atoms with van der Waals surface area (Å²) < 4.78 is 11.4. The van der Waals surface area contributed by atoms with Crippen molar-refractivity contribution < 1.29 is 14.3 Å². The number of hydrogen-bond donors (Lipinski definition) is 0. The fourth-order valence-electron chi connectivity index (χ4n) is 2.75. The molecule has 1 aromatic rings. The molecule has 0 aliphatic carbocycles. The van der Waals surface area contributed by atoms with Gasteiger partial charge in [0, 0.05) is 13.0 Å². The van der Waals surface area contributed by atoms with Crippen molar-refractivity contribution in [2.45, 2.75) is 18.6 Å². The van der Waals surface area contributed by atoms with Crippen LogP contribution in [0, 0.1) is 0 Å². The highest BCUT2D eigenvalue weighted by Crippen LogP contribution is 2.32. The maximum Gasteiger partial charge on any atom is 0.257 e. The number of likely N-dealkylation sites (tertiary alicyclic amines) is 1. The Morgan fingerprint density at radius 3 is 2.50 bits per heavy atom. The molecule has 2 aliphatic heterocycles. The molecule has 2 heterocycles. The molecule has 1 spiro atoms. The van der Waals surface area contributed by atoms with Gasteiger partial charge in [-0.25, -0.2) is 0 Å². The Kier molecular flexibility index (Phi) is 3.91. The van der Waals surface area contributed by atoms with Crippen molar-refractivity contribution in [2.24, 2.45) is 0 Å². The van der Waals surface area contributed by atoms with Crippen LogP contribution in [-0.4, -0.2) is 42.9 Å². The standard InChI is InChI=1S/C14H15Cl2NO3/c15-10-3-1-4-11(16)12(10)13(18)17-6-2-5-14(9-17)19-7-8-20-14/h1,3-4H,2,5-9H2. The predicted molar refractivity (Wildman–Crippen MR) is 76.2 cm³/mol. The van der Waals surface area contributed by atoms with Gasteiger partial charge in [-0.2, -0.15) is 0 Å². The summed E-state index contributed by atoms with van der Waals surface area (Å²) in [6, 6.07) is 5.06. The van der Waals surface area contributed by atoms with Crippen LogP contribution in [0.25, 0.3) is 0 Å². The van der Waals surface area contributed by atoms with Crippen LogP contribution in [-0.2, 0) is 9.47 Å². The van der Waals surface area contributed by atoms with Gasteiger partial charge in [-0.15, -0.1) is 0 Å². The van der Waals surface area contributed by atoms with Gasteiger partial charge in [-0.3, -0.25) is 4.79 Å². The summed E-state index contributed by atoms with van der Waals surface area (Å²) in [7, 11) is 0. The lowest BCUT2D eigenvalue weighted by Crippen LogP contribution is -2.51. The molecule has 2 saturated heterocycles. The zero-order valence-corrected chi connectivity index (χ0v) is 12.4. The minimum Gasteiger partial charge on any atom is -0.346 e. The average Bonchev–Trinajstić information content (AvgIpc) is 2.86. The van der Waals surface area contributed by atoms with Gasteiger partial charge in [0.2, 0.25) is 0 Å². The Morgan fingerprint density at radius 2 is 1.85 bits per heavy atom. The quantitative estimate of drug-likeness (QED) is 0.799. The van der Waals surface area contributed by atoms with Crippen molar-refractivity contribution in [3.63, 3.8) is 0 Å². The molecule has 0 bridgehead atoms. The summed E-state index contributed by atoms with van der Waals surface area (Å²) in [6.45, 7) is 2.24. The second-order valence-corrected chi connectivity index (χ2v) is 5.85. The number of ether oxygens (including phenoxy) is 2. The van der Waals surface area contributed by atoms with Crippen LogP contribution in [0.3, 0.4) is 0 Å². The number of nitrogens with zero attached hydrogens (tertiary/aromatic N) is 1. The highest BCUT2D eigenvalue weighted by molar-refractivity contribution is 6.39. The fraction of sp³-hybridized carbons (Fsp3) is 0.500. The molecule has 0 radical (unpaired) electrons. The monoisotopic (exact) mass is 315 g/mol. The van der Waals surface area contributed by atoms with E-state index in [0.717, 1.165) is 12.8 Å². The van der Waals surface area contributed by atoms with E-state index in [1.54, 1.807) is 23.1 Å². The maximum atomic E-state index is 12.6. The molecule has 108 valence electrons. The number of hydrogen-bond acceptors (Lipinski definition) is 3. The van der Waals surface area contributed by atoms with E-state index < -0.39 is 5.79 Å². The van der Waals surface area contributed by atoms with Gasteiger partial charge in [-0.05, 0) is 18.6 Å². The molecule has 0 atom stereocenters. The molecule has 2 aliphatic rings. The first kappa shape index (κ1) is 14.1. The number of carbonyl (C=O) groups excluding carboxylic acids is 1. The van der Waals surface area contributed by atoms with Crippen molar-refractivity contribution in [3.8, 4) is 0 Å². The smallest absolute Gasteiger partial charge is 0.257 e. The molecule has 0 N–H and O–H groups in total. The fourth-order valence-corrected chi connectivity index (χ4v) is 3.31. The van der Waals surface area contributed by atoms with Crippen LogP contribution in [0.4, 0.5) is 0 Å². The number of carbonyl (C=O) groups is 1. The summed E-state index contributed by atoms with van der Waals surface area (Å²) in [6.07, 6.45) is 1.65. The summed E-state index contributed by atoms with van der Waals surface area (Å²) in [5, 5.41) is 0.741. The van der Waals surface area contributed by atoms with Gasteiger partial charge < -0.3 is 14.4 Å². The van der Waals surface area contributed by atoms with Crippen LogP contribution in [0.5, 0.6) is 0 Å².